The van der Waals surface area contributed by atoms with Crippen LogP contribution < -0.4 is 10.1 Å². The maximum absolute atomic E-state index is 12.3. The van der Waals surface area contributed by atoms with Gasteiger partial charge in [0.1, 0.15) is 12.4 Å². The van der Waals surface area contributed by atoms with Gasteiger partial charge in [0.15, 0.2) is 0 Å². The lowest BCUT2D eigenvalue weighted by molar-refractivity contribution is 0.188. The number of benzene rings is 2. The Labute approximate surface area is 130 Å². The summed E-state index contributed by atoms with van der Waals surface area (Å²) in [7, 11) is 1.81. The molecular formula is C18H20N2O2. The zero-order chi connectivity index (χ0) is 15.4. The summed E-state index contributed by atoms with van der Waals surface area (Å²) in [5, 5.41) is 3.04. The quantitative estimate of drug-likeness (QED) is 0.946. The van der Waals surface area contributed by atoms with Gasteiger partial charge in [0, 0.05) is 13.6 Å². The number of amides is 2. The van der Waals surface area contributed by atoms with E-state index in [9.17, 15) is 4.79 Å². The molecule has 1 heterocycles. The number of nitrogens with one attached hydrogen (secondary N) is 1. The van der Waals surface area contributed by atoms with E-state index in [4.69, 9.17) is 4.74 Å². The van der Waals surface area contributed by atoms with Crippen molar-refractivity contribution >= 4 is 6.03 Å². The van der Waals surface area contributed by atoms with Crippen molar-refractivity contribution in [2.75, 3.05) is 13.7 Å². The maximum atomic E-state index is 12.3. The average molecular weight is 296 g/mol. The molecule has 0 fully saturated rings. The number of nitrogens with zero attached hydrogens (tertiary/aromatic N) is 1. The standard InChI is InChI=1S/C18H20N2O2/c1-20(12-14-7-3-2-4-8-14)18(21)19-16-11-15-9-5-6-10-17(15)22-13-16/h2-10,16H,11-13H2,1H3,(H,19,21)/t16-/m1/s1. The summed E-state index contributed by atoms with van der Waals surface area (Å²) in [6.07, 6.45) is 0.807. The molecule has 2 amide bonds. The first-order valence-corrected chi connectivity index (χ1v) is 7.48. The molecule has 22 heavy (non-hydrogen) atoms. The van der Waals surface area contributed by atoms with Gasteiger partial charge >= 0.3 is 6.03 Å². The molecule has 0 saturated heterocycles. The first kappa shape index (κ1) is 14.4. The second kappa shape index (κ2) is 6.52. The first-order chi connectivity index (χ1) is 10.7. The number of hydrogen-bond acceptors (Lipinski definition) is 2. The van der Waals surface area contributed by atoms with Crippen molar-refractivity contribution in [3.05, 3.63) is 65.7 Å². The van der Waals surface area contributed by atoms with Crippen LogP contribution in [-0.2, 0) is 13.0 Å². The lowest BCUT2D eigenvalue weighted by atomic mass is 10.0. The molecule has 0 saturated carbocycles. The highest BCUT2D eigenvalue weighted by atomic mass is 16.5. The molecule has 0 spiro atoms. The Balaban J connectivity index is 1.56. The van der Waals surface area contributed by atoms with Crippen molar-refractivity contribution in [1.82, 2.24) is 10.2 Å². The second-order valence-electron chi connectivity index (χ2n) is 5.61. The molecule has 1 atom stereocenters. The van der Waals surface area contributed by atoms with Gasteiger partial charge in [-0.1, -0.05) is 48.5 Å². The Morgan fingerprint density at radius 3 is 2.73 bits per heavy atom. The third-order valence-electron chi connectivity index (χ3n) is 3.82. The van der Waals surface area contributed by atoms with Crippen molar-refractivity contribution < 1.29 is 9.53 Å². The van der Waals surface area contributed by atoms with Crippen LogP contribution in [0.5, 0.6) is 5.75 Å². The van der Waals surface area contributed by atoms with Gasteiger partial charge in [-0.3, -0.25) is 0 Å². The smallest absolute Gasteiger partial charge is 0.317 e. The Morgan fingerprint density at radius 2 is 1.91 bits per heavy atom. The molecule has 0 radical (unpaired) electrons. The van der Waals surface area contributed by atoms with E-state index in [1.165, 1.54) is 0 Å². The van der Waals surface area contributed by atoms with Gasteiger partial charge in [0.25, 0.3) is 0 Å². The highest BCUT2D eigenvalue weighted by Gasteiger charge is 2.22. The third-order valence-corrected chi connectivity index (χ3v) is 3.82. The molecule has 4 nitrogen and oxygen atoms in total. The SMILES string of the molecule is CN(Cc1ccccc1)C(=O)N[C@H]1COc2ccccc2C1. The average Bonchev–Trinajstić information content (AvgIpc) is 2.55. The summed E-state index contributed by atoms with van der Waals surface area (Å²) >= 11 is 0. The molecule has 1 N–H and O–H groups in total. The molecule has 1 aliphatic heterocycles. The number of para-hydroxylation sites is 1. The summed E-state index contributed by atoms with van der Waals surface area (Å²) in [5.74, 6) is 0.922. The van der Waals surface area contributed by atoms with Crippen LogP contribution in [0.2, 0.25) is 0 Å². The van der Waals surface area contributed by atoms with Gasteiger partial charge in [-0.25, -0.2) is 4.79 Å². The van der Waals surface area contributed by atoms with E-state index in [0.717, 1.165) is 23.3 Å². The highest BCUT2D eigenvalue weighted by Crippen LogP contribution is 2.23. The molecule has 3 rings (SSSR count). The van der Waals surface area contributed by atoms with Gasteiger partial charge < -0.3 is 15.0 Å². The molecule has 0 aromatic heterocycles. The van der Waals surface area contributed by atoms with Gasteiger partial charge in [-0.2, -0.15) is 0 Å². The predicted octanol–water partition coefficient (Wildman–Crippen LogP) is 2.83. The minimum Gasteiger partial charge on any atom is -0.491 e. The molecule has 0 bridgehead atoms. The number of carbonyl (C=O) groups excluding carboxylic acids is 1. The van der Waals surface area contributed by atoms with E-state index in [0.29, 0.717) is 13.2 Å². The molecular weight excluding hydrogens is 276 g/mol. The van der Waals surface area contributed by atoms with Crippen LogP contribution >= 0.6 is 0 Å². The monoisotopic (exact) mass is 296 g/mol. The number of urea groups is 1. The van der Waals surface area contributed by atoms with Gasteiger partial charge in [0.2, 0.25) is 0 Å². The minimum atomic E-state index is -0.0724. The number of carbonyl (C=O) groups is 1. The van der Waals surface area contributed by atoms with Crippen molar-refractivity contribution in [1.29, 1.82) is 0 Å². The summed E-state index contributed by atoms with van der Waals surface area (Å²) in [4.78, 5) is 14.0. The Hall–Kier alpha value is -2.49. The van der Waals surface area contributed by atoms with Crippen LogP contribution in [0.15, 0.2) is 54.6 Å². The summed E-state index contributed by atoms with van der Waals surface area (Å²) in [6.45, 7) is 1.11. The van der Waals surface area contributed by atoms with Crippen molar-refractivity contribution in [3.8, 4) is 5.75 Å². The van der Waals surface area contributed by atoms with Gasteiger partial charge in [-0.15, -0.1) is 0 Å². The van der Waals surface area contributed by atoms with E-state index in [2.05, 4.69) is 5.32 Å². The lowest BCUT2D eigenvalue weighted by Crippen LogP contribution is -2.47. The fourth-order valence-electron chi connectivity index (χ4n) is 2.63. The highest BCUT2D eigenvalue weighted by molar-refractivity contribution is 5.74. The van der Waals surface area contributed by atoms with Crippen LogP contribution in [0, 0.1) is 0 Å². The first-order valence-electron chi connectivity index (χ1n) is 7.48. The molecule has 114 valence electrons. The van der Waals surface area contributed by atoms with E-state index < -0.39 is 0 Å². The summed E-state index contributed by atoms with van der Waals surface area (Å²) < 4.78 is 5.70. The topological polar surface area (TPSA) is 41.6 Å². The molecule has 4 heteroatoms. The largest absolute Gasteiger partial charge is 0.491 e. The Morgan fingerprint density at radius 1 is 1.18 bits per heavy atom. The third kappa shape index (κ3) is 3.39. The van der Waals surface area contributed by atoms with Crippen molar-refractivity contribution in [2.24, 2.45) is 0 Å². The molecule has 0 unspecified atom stereocenters. The molecule has 1 aliphatic rings. The van der Waals surface area contributed by atoms with E-state index in [-0.39, 0.29) is 12.1 Å². The van der Waals surface area contributed by atoms with Crippen LogP contribution in [-0.4, -0.2) is 30.6 Å². The van der Waals surface area contributed by atoms with Crippen molar-refractivity contribution in [2.45, 2.75) is 19.0 Å². The van der Waals surface area contributed by atoms with Crippen LogP contribution in [0.4, 0.5) is 4.79 Å². The Kier molecular flexibility index (Phi) is 4.28. The van der Waals surface area contributed by atoms with E-state index >= 15 is 0 Å². The van der Waals surface area contributed by atoms with Gasteiger partial charge in [0.05, 0.1) is 6.04 Å². The fraction of sp³-hybridized carbons (Fsp3) is 0.278. The van der Waals surface area contributed by atoms with Crippen LogP contribution in [0.3, 0.4) is 0 Å². The van der Waals surface area contributed by atoms with Crippen molar-refractivity contribution in [3.63, 3.8) is 0 Å². The number of hydrogen-bond donors (Lipinski definition) is 1. The van der Waals surface area contributed by atoms with E-state index in [1.807, 2.05) is 54.6 Å². The molecule has 2 aromatic carbocycles. The zero-order valence-corrected chi connectivity index (χ0v) is 12.7. The number of rotatable bonds is 3. The minimum absolute atomic E-state index is 0.0145. The summed E-state index contributed by atoms with van der Waals surface area (Å²) in [5.41, 5.74) is 2.26. The maximum Gasteiger partial charge on any atom is 0.317 e. The van der Waals surface area contributed by atoms with Crippen LogP contribution in [0.1, 0.15) is 11.1 Å². The molecule has 0 aliphatic carbocycles. The van der Waals surface area contributed by atoms with Crippen LogP contribution in [0.25, 0.3) is 0 Å². The molecule has 2 aromatic rings. The van der Waals surface area contributed by atoms with Gasteiger partial charge in [-0.05, 0) is 23.6 Å². The predicted molar refractivity (Wildman–Crippen MR) is 85.9 cm³/mol. The fourth-order valence-corrected chi connectivity index (χ4v) is 2.63. The number of ether oxygens (including phenoxy) is 1. The second-order valence-corrected chi connectivity index (χ2v) is 5.61. The normalized spacial score (nSPS) is 16.3. The lowest BCUT2D eigenvalue weighted by Gasteiger charge is -2.28. The Bertz CT molecular complexity index is 643. The van der Waals surface area contributed by atoms with E-state index in [1.54, 1.807) is 11.9 Å². The summed E-state index contributed by atoms with van der Waals surface area (Å²) in [6, 6.07) is 17.9. The number of fused-ring (bicyclic) bond motifs is 1. The zero-order valence-electron chi connectivity index (χ0n) is 12.7.